The maximum absolute atomic E-state index is 12.7. The lowest BCUT2D eigenvalue weighted by Gasteiger charge is -2.33. The first-order chi connectivity index (χ1) is 14.3. The number of carbonyl (C=O) groups excluding carboxylic acids is 2. The number of hydrogen-bond acceptors (Lipinski definition) is 6. The lowest BCUT2D eigenvalue weighted by molar-refractivity contribution is 0.0376. The minimum Gasteiger partial charge on any atom is -0.459 e. The molecule has 2 N–H and O–H groups in total. The molecular formula is C22H31N5O3. The van der Waals surface area contributed by atoms with E-state index in [4.69, 9.17) is 4.74 Å². The van der Waals surface area contributed by atoms with Crippen LogP contribution in [0.3, 0.4) is 0 Å². The fourth-order valence-electron chi connectivity index (χ4n) is 3.57. The largest absolute Gasteiger partial charge is 0.459 e. The molecule has 0 aromatic carbocycles. The van der Waals surface area contributed by atoms with Gasteiger partial charge in [0.2, 0.25) is 0 Å². The number of H-pyrrole nitrogens is 1. The van der Waals surface area contributed by atoms with E-state index in [9.17, 15) is 9.59 Å². The molecule has 8 nitrogen and oxygen atoms in total. The second kappa shape index (κ2) is 9.30. The van der Waals surface area contributed by atoms with Crippen LogP contribution in [0.2, 0.25) is 0 Å². The van der Waals surface area contributed by atoms with E-state index in [-0.39, 0.29) is 12.0 Å². The fourth-order valence-corrected chi connectivity index (χ4v) is 3.57. The van der Waals surface area contributed by atoms with Gasteiger partial charge in [-0.1, -0.05) is 6.07 Å². The zero-order chi connectivity index (χ0) is 21.8. The number of aromatic amines is 1. The van der Waals surface area contributed by atoms with Crippen LogP contribution < -0.4 is 10.2 Å². The first-order valence-electron chi connectivity index (χ1n) is 10.3. The van der Waals surface area contributed by atoms with E-state index in [1.165, 1.54) is 0 Å². The SMILES string of the molecule is Cc1[nH]c(C(=O)NCc2ccc(N3CCN(C)CC3)nc2)c(C)c1C(=O)OC(C)C. The standard InChI is InChI=1S/C22H31N5O3/c1-14(2)30-22(29)19-15(3)20(25-16(19)4)21(28)24-13-17-6-7-18(23-12-17)27-10-8-26(5)9-11-27/h6-7,12,14,25H,8-11,13H2,1-5H3,(H,24,28). The van der Waals surface area contributed by atoms with Crippen molar-refractivity contribution < 1.29 is 14.3 Å². The smallest absolute Gasteiger partial charge is 0.340 e. The number of likely N-dealkylation sites (N-methyl/N-ethyl adjacent to an activating group) is 1. The first kappa shape index (κ1) is 21.8. The number of nitrogens with zero attached hydrogens (tertiary/aromatic N) is 3. The Balaban J connectivity index is 1.61. The number of nitrogens with one attached hydrogen (secondary N) is 2. The van der Waals surface area contributed by atoms with Crippen molar-refractivity contribution in [2.45, 2.75) is 40.3 Å². The lowest BCUT2D eigenvalue weighted by Crippen LogP contribution is -2.44. The summed E-state index contributed by atoms with van der Waals surface area (Å²) in [5, 5.41) is 2.90. The Kier molecular flexibility index (Phi) is 6.77. The Morgan fingerprint density at radius 2 is 1.90 bits per heavy atom. The number of pyridine rings is 1. The third-order valence-electron chi connectivity index (χ3n) is 5.30. The van der Waals surface area contributed by atoms with Crippen LogP contribution >= 0.6 is 0 Å². The molecule has 1 fully saturated rings. The van der Waals surface area contributed by atoms with Crippen LogP contribution in [-0.2, 0) is 11.3 Å². The quantitative estimate of drug-likeness (QED) is 0.706. The van der Waals surface area contributed by atoms with E-state index in [1.54, 1.807) is 33.9 Å². The van der Waals surface area contributed by atoms with E-state index in [0.717, 1.165) is 37.6 Å². The van der Waals surface area contributed by atoms with Gasteiger partial charge in [-0.25, -0.2) is 9.78 Å². The molecular weight excluding hydrogens is 382 g/mol. The molecule has 3 heterocycles. The van der Waals surface area contributed by atoms with Gasteiger partial charge in [0.1, 0.15) is 11.5 Å². The Morgan fingerprint density at radius 1 is 1.20 bits per heavy atom. The summed E-state index contributed by atoms with van der Waals surface area (Å²) < 4.78 is 5.28. The van der Waals surface area contributed by atoms with Gasteiger partial charge in [-0.2, -0.15) is 0 Å². The van der Waals surface area contributed by atoms with Gasteiger partial charge in [0.15, 0.2) is 0 Å². The first-order valence-corrected chi connectivity index (χ1v) is 10.3. The highest BCUT2D eigenvalue weighted by atomic mass is 16.5. The molecule has 0 aliphatic carbocycles. The number of hydrogen-bond donors (Lipinski definition) is 2. The molecule has 0 atom stereocenters. The minimum absolute atomic E-state index is 0.218. The molecule has 0 radical (unpaired) electrons. The molecule has 3 rings (SSSR count). The molecule has 0 spiro atoms. The highest BCUT2D eigenvalue weighted by Crippen LogP contribution is 2.20. The summed E-state index contributed by atoms with van der Waals surface area (Å²) in [6.07, 6.45) is 1.58. The van der Waals surface area contributed by atoms with Crippen LogP contribution in [0, 0.1) is 13.8 Å². The topological polar surface area (TPSA) is 90.6 Å². The van der Waals surface area contributed by atoms with Gasteiger partial charge in [0.05, 0.1) is 11.7 Å². The number of aromatic nitrogens is 2. The summed E-state index contributed by atoms with van der Waals surface area (Å²) in [4.78, 5) is 37.1. The van der Waals surface area contributed by atoms with Gasteiger partial charge in [-0.3, -0.25) is 4.79 Å². The number of aryl methyl sites for hydroxylation is 1. The van der Waals surface area contributed by atoms with Crippen molar-refractivity contribution in [3.63, 3.8) is 0 Å². The second-order valence-corrected chi connectivity index (χ2v) is 8.08. The van der Waals surface area contributed by atoms with E-state index < -0.39 is 5.97 Å². The Morgan fingerprint density at radius 3 is 2.50 bits per heavy atom. The number of rotatable bonds is 6. The number of piperazine rings is 1. The van der Waals surface area contributed by atoms with Gasteiger partial charge >= 0.3 is 5.97 Å². The second-order valence-electron chi connectivity index (χ2n) is 8.08. The molecule has 2 aromatic rings. The van der Waals surface area contributed by atoms with E-state index >= 15 is 0 Å². The third kappa shape index (κ3) is 4.99. The highest BCUT2D eigenvalue weighted by molar-refractivity contribution is 6.00. The Hall–Kier alpha value is -2.87. The number of carbonyl (C=O) groups is 2. The van der Waals surface area contributed by atoms with Gasteiger partial charge in [0.25, 0.3) is 5.91 Å². The zero-order valence-electron chi connectivity index (χ0n) is 18.4. The summed E-state index contributed by atoms with van der Waals surface area (Å²) in [6, 6.07) is 3.98. The number of esters is 1. The minimum atomic E-state index is -0.418. The van der Waals surface area contributed by atoms with E-state index in [1.807, 2.05) is 12.1 Å². The predicted octanol–water partition coefficient (Wildman–Crippen LogP) is 2.27. The molecule has 1 aliphatic heterocycles. The maximum Gasteiger partial charge on any atom is 0.340 e. The van der Waals surface area contributed by atoms with Crippen molar-refractivity contribution in [2.24, 2.45) is 0 Å². The van der Waals surface area contributed by atoms with Crippen LogP contribution in [0.4, 0.5) is 5.82 Å². The molecule has 0 bridgehead atoms. The average molecular weight is 414 g/mol. The van der Waals surface area contributed by atoms with Crippen LogP contribution in [0.25, 0.3) is 0 Å². The van der Waals surface area contributed by atoms with Crippen molar-refractivity contribution >= 4 is 17.7 Å². The molecule has 30 heavy (non-hydrogen) atoms. The number of amides is 1. The van der Waals surface area contributed by atoms with Crippen LogP contribution in [0.15, 0.2) is 18.3 Å². The zero-order valence-corrected chi connectivity index (χ0v) is 18.4. The summed E-state index contributed by atoms with van der Waals surface area (Å²) >= 11 is 0. The number of ether oxygens (including phenoxy) is 1. The molecule has 1 aliphatic rings. The highest BCUT2D eigenvalue weighted by Gasteiger charge is 2.23. The molecule has 162 valence electrons. The summed E-state index contributed by atoms with van der Waals surface area (Å²) in [5.41, 5.74) is 2.94. The summed E-state index contributed by atoms with van der Waals surface area (Å²) in [6.45, 7) is 11.5. The van der Waals surface area contributed by atoms with E-state index in [2.05, 4.69) is 32.1 Å². The molecule has 0 saturated carbocycles. The van der Waals surface area contributed by atoms with E-state index in [0.29, 0.717) is 29.1 Å². The molecule has 1 amide bonds. The number of anilines is 1. The van der Waals surface area contributed by atoms with Crippen molar-refractivity contribution in [1.82, 2.24) is 20.2 Å². The van der Waals surface area contributed by atoms with Crippen molar-refractivity contribution in [3.8, 4) is 0 Å². The van der Waals surface area contributed by atoms with Crippen molar-refractivity contribution in [3.05, 3.63) is 46.4 Å². The summed E-state index contributed by atoms with van der Waals surface area (Å²) in [7, 11) is 2.13. The maximum atomic E-state index is 12.7. The monoisotopic (exact) mass is 413 g/mol. The van der Waals surface area contributed by atoms with Crippen LogP contribution in [-0.4, -0.2) is 66.1 Å². The van der Waals surface area contributed by atoms with Gasteiger partial charge < -0.3 is 24.8 Å². The van der Waals surface area contributed by atoms with Gasteiger partial charge in [-0.15, -0.1) is 0 Å². The summed E-state index contributed by atoms with van der Waals surface area (Å²) in [5.74, 6) is 0.281. The molecule has 0 unspecified atom stereocenters. The Labute approximate surface area is 177 Å². The molecule has 1 saturated heterocycles. The van der Waals surface area contributed by atoms with Crippen molar-refractivity contribution in [2.75, 3.05) is 38.1 Å². The third-order valence-corrected chi connectivity index (χ3v) is 5.30. The predicted molar refractivity (Wildman–Crippen MR) is 116 cm³/mol. The average Bonchev–Trinajstić information content (AvgIpc) is 3.01. The van der Waals surface area contributed by atoms with Crippen LogP contribution in [0.1, 0.15) is 51.5 Å². The molecule has 2 aromatic heterocycles. The van der Waals surface area contributed by atoms with Gasteiger partial charge in [0, 0.05) is 44.6 Å². The lowest BCUT2D eigenvalue weighted by atomic mass is 10.1. The van der Waals surface area contributed by atoms with Crippen molar-refractivity contribution in [1.29, 1.82) is 0 Å². The Bertz CT molecular complexity index is 896. The van der Waals surface area contributed by atoms with Gasteiger partial charge in [-0.05, 0) is 51.9 Å². The van der Waals surface area contributed by atoms with Crippen LogP contribution in [0.5, 0.6) is 0 Å². The normalized spacial score (nSPS) is 14.8. The molecule has 8 heteroatoms. The fraction of sp³-hybridized carbons (Fsp3) is 0.500.